The minimum Gasteiger partial charge on any atom is -0.460 e. The SMILES string of the molecule is CNC(=O)[C@@H](NC(=O)c1cccc(-c2nnn(CC(=O)C(CC(=O)OC(C)(C)C)NC(=O)OCc3ccccc3)n2)c1)C(C)C. The van der Waals surface area contributed by atoms with Crippen molar-refractivity contribution < 1.29 is 33.4 Å². The molecule has 3 rings (SSSR count). The molecular weight excluding hydrogens is 582 g/mol. The number of ether oxygens (including phenoxy) is 2. The number of Topliss-reactive ketones (excluding diaryl/α,β-unsaturated/α-hetero) is 1. The van der Waals surface area contributed by atoms with E-state index in [0.717, 1.165) is 10.4 Å². The molecule has 2 atom stereocenters. The number of benzene rings is 2. The first-order valence-corrected chi connectivity index (χ1v) is 14.4. The fraction of sp³-hybridized carbons (Fsp3) is 0.419. The third-order valence-corrected chi connectivity index (χ3v) is 6.30. The Morgan fingerprint density at radius 3 is 2.31 bits per heavy atom. The zero-order chi connectivity index (χ0) is 33.1. The van der Waals surface area contributed by atoms with Gasteiger partial charge in [0.15, 0.2) is 5.78 Å². The van der Waals surface area contributed by atoms with Gasteiger partial charge in [-0.05, 0) is 49.6 Å². The molecule has 0 aliphatic heterocycles. The molecule has 14 nitrogen and oxygen atoms in total. The van der Waals surface area contributed by atoms with E-state index in [2.05, 4.69) is 31.4 Å². The summed E-state index contributed by atoms with van der Waals surface area (Å²) in [6.45, 7) is 8.24. The summed E-state index contributed by atoms with van der Waals surface area (Å²) in [5.74, 6) is -2.07. The molecule has 0 aliphatic carbocycles. The van der Waals surface area contributed by atoms with E-state index in [0.29, 0.717) is 5.56 Å². The fourth-order valence-electron chi connectivity index (χ4n) is 4.09. The van der Waals surface area contributed by atoms with Crippen molar-refractivity contribution in [3.05, 3.63) is 65.7 Å². The number of alkyl carbamates (subject to hydrolysis) is 1. The maximum absolute atomic E-state index is 13.3. The molecule has 3 aromatic rings. The number of amides is 3. The molecule has 240 valence electrons. The van der Waals surface area contributed by atoms with Crippen LogP contribution in [0.25, 0.3) is 11.4 Å². The Morgan fingerprint density at radius 2 is 1.67 bits per heavy atom. The van der Waals surface area contributed by atoms with Crippen molar-refractivity contribution in [2.75, 3.05) is 7.05 Å². The van der Waals surface area contributed by atoms with Crippen LogP contribution in [-0.4, -0.2) is 74.6 Å². The van der Waals surface area contributed by atoms with Crippen LogP contribution in [-0.2, 0) is 37.0 Å². The number of nitrogens with one attached hydrogen (secondary N) is 3. The molecule has 0 spiro atoms. The summed E-state index contributed by atoms with van der Waals surface area (Å²) in [5, 5.41) is 19.9. The van der Waals surface area contributed by atoms with Gasteiger partial charge in [-0.15, -0.1) is 10.2 Å². The number of nitrogens with zero attached hydrogens (tertiary/aromatic N) is 4. The topological polar surface area (TPSA) is 183 Å². The van der Waals surface area contributed by atoms with Crippen molar-refractivity contribution in [3.63, 3.8) is 0 Å². The quantitative estimate of drug-likeness (QED) is 0.240. The van der Waals surface area contributed by atoms with Gasteiger partial charge >= 0.3 is 12.1 Å². The third-order valence-electron chi connectivity index (χ3n) is 6.30. The number of ketones is 1. The Kier molecular flexibility index (Phi) is 11.9. The van der Waals surface area contributed by atoms with Crippen LogP contribution in [0.3, 0.4) is 0 Å². The molecule has 0 fully saturated rings. The Morgan fingerprint density at radius 1 is 0.956 bits per heavy atom. The lowest BCUT2D eigenvalue weighted by atomic mass is 10.0. The average Bonchev–Trinajstić information content (AvgIpc) is 3.46. The van der Waals surface area contributed by atoms with Crippen molar-refractivity contribution in [2.45, 2.75) is 71.9 Å². The van der Waals surface area contributed by atoms with Crippen molar-refractivity contribution in [3.8, 4) is 11.4 Å². The second-order valence-corrected chi connectivity index (χ2v) is 11.5. The number of likely N-dealkylation sites (N-methyl/N-ethyl adjacent to an activating group) is 1. The van der Waals surface area contributed by atoms with E-state index >= 15 is 0 Å². The van der Waals surface area contributed by atoms with E-state index in [4.69, 9.17) is 9.47 Å². The lowest BCUT2D eigenvalue weighted by Gasteiger charge is -2.22. The smallest absolute Gasteiger partial charge is 0.408 e. The van der Waals surface area contributed by atoms with Gasteiger partial charge in [-0.2, -0.15) is 4.80 Å². The molecule has 1 aromatic heterocycles. The molecule has 0 saturated carbocycles. The second kappa shape index (κ2) is 15.5. The Hall–Kier alpha value is -5.14. The average molecular weight is 622 g/mol. The van der Waals surface area contributed by atoms with Crippen LogP contribution in [0.1, 0.15) is 57.0 Å². The highest BCUT2D eigenvalue weighted by Gasteiger charge is 2.29. The molecule has 3 amide bonds. The number of hydrogen-bond donors (Lipinski definition) is 3. The summed E-state index contributed by atoms with van der Waals surface area (Å²) in [6, 6.07) is 13.4. The van der Waals surface area contributed by atoms with Crippen LogP contribution in [0.5, 0.6) is 0 Å². The number of tetrazole rings is 1. The molecule has 0 saturated heterocycles. The summed E-state index contributed by atoms with van der Waals surface area (Å²) >= 11 is 0. The van der Waals surface area contributed by atoms with Crippen molar-refractivity contribution in [1.29, 1.82) is 0 Å². The standard InChI is InChI=1S/C31H39N7O7/c1-19(2)26(29(42)32-6)34-28(41)22-14-10-13-21(15-22)27-35-37-38(36-27)17-24(39)23(16-25(40)45-31(3,4)5)33-30(43)44-18-20-11-8-7-9-12-20/h7-15,19,23,26H,16-18H2,1-6H3,(H,32,42)(H,33,43)(H,34,41)/t23?,26-/m0/s1. The molecule has 0 bridgehead atoms. The number of carbonyl (C=O) groups is 5. The van der Waals surface area contributed by atoms with Crippen LogP contribution in [0.2, 0.25) is 0 Å². The summed E-state index contributed by atoms with van der Waals surface area (Å²) in [7, 11) is 1.50. The van der Waals surface area contributed by atoms with Gasteiger partial charge in [0.1, 0.15) is 30.8 Å². The summed E-state index contributed by atoms with van der Waals surface area (Å²) < 4.78 is 10.6. The Labute approximate surface area is 261 Å². The first-order valence-electron chi connectivity index (χ1n) is 14.4. The number of aromatic nitrogens is 4. The van der Waals surface area contributed by atoms with Crippen molar-refractivity contribution in [1.82, 2.24) is 36.2 Å². The highest BCUT2D eigenvalue weighted by atomic mass is 16.6. The van der Waals surface area contributed by atoms with Crippen LogP contribution >= 0.6 is 0 Å². The van der Waals surface area contributed by atoms with Gasteiger partial charge in [-0.25, -0.2) is 4.79 Å². The first-order chi connectivity index (χ1) is 21.3. The lowest BCUT2D eigenvalue weighted by Crippen LogP contribution is -2.48. The molecule has 0 aliphatic rings. The summed E-state index contributed by atoms with van der Waals surface area (Å²) in [4.78, 5) is 64.4. The van der Waals surface area contributed by atoms with Gasteiger partial charge in [0.05, 0.1) is 6.42 Å². The molecule has 0 radical (unpaired) electrons. The predicted molar refractivity (Wildman–Crippen MR) is 162 cm³/mol. The van der Waals surface area contributed by atoms with E-state index in [1.54, 1.807) is 63.2 Å². The third kappa shape index (κ3) is 10.8. The van der Waals surface area contributed by atoms with Crippen LogP contribution in [0.15, 0.2) is 54.6 Å². The normalized spacial score (nSPS) is 12.5. The molecule has 1 unspecified atom stereocenters. The van der Waals surface area contributed by atoms with E-state index in [1.807, 2.05) is 19.9 Å². The maximum Gasteiger partial charge on any atom is 0.408 e. The molecule has 2 aromatic carbocycles. The Bertz CT molecular complexity index is 1500. The second-order valence-electron chi connectivity index (χ2n) is 11.5. The molecule has 1 heterocycles. The van der Waals surface area contributed by atoms with E-state index in [9.17, 15) is 24.0 Å². The van der Waals surface area contributed by atoms with E-state index in [1.165, 1.54) is 13.1 Å². The van der Waals surface area contributed by atoms with Gasteiger partial charge in [-0.1, -0.05) is 56.3 Å². The number of hydrogen-bond acceptors (Lipinski definition) is 10. The molecule has 14 heteroatoms. The zero-order valence-corrected chi connectivity index (χ0v) is 26.2. The zero-order valence-electron chi connectivity index (χ0n) is 26.2. The maximum atomic E-state index is 13.3. The highest BCUT2D eigenvalue weighted by molar-refractivity contribution is 5.98. The van der Waals surface area contributed by atoms with Crippen molar-refractivity contribution >= 4 is 29.7 Å². The van der Waals surface area contributed by atoms with E-state index in [-0.39, 0.29) is 29.8 Å². The fourth-order valence-corrected chi connectivity index (χ4v) is 4.09. The lowest BCUT2D eigenvalue weighted by molar-refractivity contribution is -0.156. The monoisotopic (exact) mass is 621 g/mol. The Balaban J connectivity index is 1.71. The summed E-state index contributed by atoms with van der Waals surface area (Å²) in [6.07, 6.45) is -1.33. The van der Waals surface area contributed by atoms with Gasteiger partial charge in [-0.3, -0.25) is 19.2 Å². The minimum absolute atomic E-state index is 0.0327. The van der Waals surface area contributed by atoms with Crippen LogP contribution < -0.4 is 16.0 Å². The van der Waals surface area contributed by atoms with Gasteiger partial charge in [0.25, 0.3) is 5.91 Å². The van der Waals surface area contributed by atoms with Crippen molar-refractivity contribution in [2.24, 2.45) is 5.92 Å². The highest BCUT2D eigenvalue weighted by Crippen LogP contribution is 2.17. The van der Waals surface area contributed by atoms with Crippen LogP contribution in [0.4, 0.5) is 4.79 Å². The van der Waals surface area contributed by atoms with Crippen LogP contribution in [0, 0.1) is 5.92 Å². The summed E-state index contributed by atoms with van der Waals surface area (Å²) in [5.41, 5.74) is 0.653. The minimum atomic E-state index is -1.29. The molecule has 3 N–H and O–H groups in total. The molecule has 45 heavy (non-hydrogen) atoms. The largest absolute Gasteiger partial charge is 0.460 e. The number of rotatable bonds is 13. The predicted octanol–water partition coefficient (Wildman–Crippen LogP) is 2.44. The van der Waals surface area contributed by atoms with E-state index < -0.39 is 54.4 Å². The van der Waals surface area contributed by atoms with Gasteiger partial charge in [0, 0.05) is 18.2 Å². The van der Waals surface area contributed by atoms with Gasteiger partial charge < -0.3 is 25.4 Å². The van der Waals surface area contributed by atoms with Gasteiger partial charge in [0.2, 0.25) is 11.7 Å². The molecular formula is C31H39N7O7. The number of esters is 1. The first kappa shape index (κ1) is 34.4. The number of carbonyl (C=O) groups excluding carboxylic acids is 5.